The minimum absolute atomic E-state index is 0.947. The van der Waals surface area contributed by atoms with E-state index in [0.717, 1.165) is 17.7 Å². The molecule has 160 valence electrons. The van der Waals surface area contributed by atoms with Gasteiger partial charge in [-0.25, -0.2) is 0 Å². The predicted octanol–water partition coefficient (Wildman–Crippen LogP) is 6.91. The predicted molar refractivity (Wildman–Crippen MR) is 141 cm³/mol. The van der Waals surface area contributed by atoms with Gasteiger partial charge < -0.3 is 9.13 Å². The van der Waals surface area contributed by atoms with Gasteiger partial charge in [0.1, 0.15) is 0 Å². The van der Waals surface area contributed by atoms with E-state index in [1.54, 1.807) is 0 Å². The molecule has 0 saturated heterocycles. The first-order valence-electron chi connectivity index (χ1n) is 11.3. The number of hydrogen-bond acceptors (Lipinski definition) is 2. The molecule has 0 N–H and O–H groups in total. The molecule has 0 spiro atoms. The van der Waals surface area contributed by atoms with E-state index in [9.17, 15) is 0 Å². The van der Waals surface area contributed by atoms with Gasteiger partial charge in [-0.1, -0.05) is 48.5 Å². The molecule has 2 heterocycles. The number of aryl methyl sites for hydroxylation is 2. The van der Waals surface area contributed by atoms with E-state index in [4.69, 9.17) is 0 Å². The zero-order valence-corrected chi connectivity index (χ0v) is 18.7. The normalized spacial score (nSPS) is 12.4. The third kappa shape index (κ3) is 3.14. The van der Waals surface area contributed by atoms with E-state index < -0.39 is 0 Å². The summed E-state index contributed by atoms with van der Waals surface area (Å²) in [5.74, 6) is 0. The van der Waals surface area contributed by atoms with E-state index in [0.29, 0.717) is 0 Å². The van der Waals surface area contributed by atoms with Crippen LogP contribution in [0.1, 0.15) is 18.1 Å². The number of nitrogens with zero attached hydrogens (tertiary/aromatic N) is 4. The maximum atomic E-state index is 4.33. The van der Waals surface area contributed by atoms with Crippen LogP contribution in [0, 0.1) is 0 Å². The fraction of sp³-hybridized carbons (Fsp3) is 0.103. The lowest BCUT2D eigenvalue weighted by atomic mass is 10.1. The highest BCUT2D eigenvalue weighted by Gasteiger charge is 2.09. The Hall–Kier alpha value is -4.18. The number of benzene rings is 4. The summed E-state index contributed by atoms with van der Waals surface area (Å²) in [6, 6.07) is 30.0. The zero-order chi connectivity index (χ0) is 22.4. The molecule has 0 aliphatic rings. The van der Waals surface area contributed by atoms with E-state index in [-0.39, 0.29) is 0 Å². The quantitative estimate of drug-likeness (QED) is 0.216. The summed E-state index contributed by atoms with van der Waals surface area (Å²) in [5.41, 5.74) is 7.06. The van der Waals surface area contributed by atoms with Crippen molar-refractivity contribution in [2.45, 2.75) is 13.5 Å². The molecule has 0 aliphatic carbocycles. The molecule has 0 fully saturated rings. The van der Waals surface area contributed by atoms with Crippen molar-refractivity contribution < 1.29 is 0 Å². The molecule has 0 amide bonds. The molecule has 33 heavy (non-hydrogen) atoms. The van der Waals surface area contributed by atoms with E-state index in [1.807, 2.05) is 12.4 Å². The van der Waals surface area contributed by atoms with Crippen LogP contribution in [-0.2, 0) is 13.6 Å². The fourth-order valence-electron chi connectivity index (χ4n) is 4.96. The van der Waals surface area contributed by atoms with Crippen LogP contribution < -0.4 is 0 Å². The second-order valence-corrected chi connectivity index (χ2v) is 8.38. The fourth-order valence-corrected chi connectivity index (χ4v) is 4.96. The summed E-state index contributed by atoms with van der Waals surface area (Å²) in [6.07, 6.45) is 3.64. The van der Waals surface area contributed by atoms with E-state index >= 15 is 0 Å². The summed E-state index contributed by atoms with van der Waals surface area (Å²) in [4.78, 5) is 0. The smallest absolute Gasteiger partial charge is 0.0568 e. The standard InChI is InChI=1S/C29H24N4/c1-3-33-28-11-7-5-9-23(28)25-17-21(13-15-29(25)33)19-31-30-18-20-12-14-27-24(16-20)22-8-4-6-10-26(22)32(27)2/h4-19H,3H2,1-2H3/b30-18+,31-19+. The molecular formula is C29H24N4. The van der Waals surface area contributed by atoms with Gasteiger partial charge in [0.25, 0.3) is 0 Å². The maximum Gasteiger partial charge on any atom is 0.0568 e. The first-order valence-corrected chi connectivity index (χ1v) is 11.3. The lowest BCUT2D eigenvalue weighted by Crippen LogP contribution is -1.92. The van der Waals surface area contributed by atoms with Gasteiger partial charge in [-0.15, -0.1) is 0 Å². The summed E-state index contributed by atoms with van der Waals surface area (Å²) in [5, 5.41) is 13.7. The van der Waals surface area contributed by atoms with Crippen LogP contribution in [0.25, 0.3) is 43.6 Å². The third-order valence-corrected chi connectivity index (χ3v) is 6.53. The zero-order valence-electron chi connectivity index (χ0n) is 18.7. The molecule has 0 unspecified atom stereocenters. The van der Waals surface area contributed by atoms with Crippen LogP contribution in [0.15, 0.2) is 95.1 Å². The van der Waals surface area contributed by atoms with Gasteiger partial charge >= 0.3 is 0 Å². The summed E-state index contributed by atoms with van der Waals surface area (Å²) in [7, 11) is 2.11. The number of para-hydroxylation sites is 2. The van der Waals surface area contributed by atoms with Crippen LogP contribution in [0.5, 0.6) is 0 Å². The molecule has 0 saturated carbocycles. The highest BCUT2D eigenvalue weighted by atomic mass is 15.2. The van der Waals surface area contributed by atoms with Crippen molar-refractivity contribution in [1.82, 2.24) is 9.13 Å². The average Bonchev–Trinajstić information content (AvgIpc) is 3.33. The van der Waals surface area contributed by atoms with Gasteiger partial charge in [0.2, 0.25) is 0 Å². The maximum absolute atomic E-state index is 4.33. The Morgan fingerprint density at radius 1 is 0.606 bits per heavy atom. The lowest BCUT2D eigenvalue weighted by molar-refractivity contribution is 0.827. The topological polar surface area (TPSA) is 34.6 Å². The van der Waals surface area contributed by atoms with Crippen molar-refractivity contribution in [2.24, 2.45) is 17.3 Å². The number of rotatable bonds is 4. The Morgan fingerprint density at radius 3 is 1.76 bits per heavy atom. The molecule has 0 bridgehead atoms. The Balaban J connectivity index is 1.31. The average molecular weight is 429 g/mol. The first-order chi connectivity index (χ1) is 16.2. The minimum Gasteiger partial charge on any atom is -0.344 e. The van der Waals surface area contributed by atoms with Gasteiger partial charge in [0.05, 0.1) is 12.4 Å². The second-order valence-electron chi connectivity index (χ2n) is 8.38. The Bertz CT molecular complexity index is 1710. The van der Waals surface area contributed by atoms with Crippen LogP contribution in [0.4, 0.5) is 0 Å². The minimum atomic E-state index is 0.947. The Labute approximate surface area is 192 Å². The van der Waals surface area contributed by atoms with Crippen LogP contribution in [0.2, 0.25) is 0 Å². The molecule has 4 nitrogen and oxygen atoms in total. The lowest BCUT2D eigenvalue weighted by Gasteiger charge is -2.02. The highest BCUT2D eigenvalue weighted by Crippen LogP contribution is 2.30. The van der Waals surface area contributed by atoms with Crippen molar-refractivity contribution >= 4 is 56.0 Å². The third-order valence-electron chi connectivity index (χ3n) is 6.53. The molecule has 2 aromatic heterocycles. The van der Waals surface area contributed by atoms with Crippen LogP contribution in [-0.4, -0.2) is 21.6 Å². The van der Waals surface area contributed by atoms with Crippen molar-refractivity contribution in [2.75, 3.05) is 0 Å². The molecule has 0 radical (unpaired) electrons. The monoisotopic (exact) mass is 428 g/mol. The molecule has 6 aromatic rings. The number of hydrogen-bond donors (Lipinski definition) is 0. The molecule has 4 aromatic carbocycles. The van der Waals surface area contributed by atoms with Crippen molar-refractivity contribution in [3.8, 4) is 0 Å². The van der Waals surface area contributed by atoms with Crippen LogP contribution >= 0.6 is 0 Å². The SMILES string of the molecule is CCn1c2ccccc2c2cc(/C=N/N=C/c3ccc4c(c3)c3ccccc3n4C)ccc21. The van der Waals surface area contributed by atoms with Crippen molar-refractivity contribution in [3.63, 3.8) is 0 Å². The molecule has 6 rings (SSSR count). The number of fused-ring (bicyclic) bond motifs is 6. The van der Waals surface area contributed by atoms with E-state index in [2.05, 4.69) is 118 Å². The second kappa shape index (κ2) is 7.75. The van der Waals surface area contributed by atoms with Gasteiger partial charge in [0.15, 0.2) is 0 Å². The van der Waals surface area contributed by atoms with Crippen LogP contribution in [0.3, 0.4) is 0 Å². The van der Waals surface area contributed by atoms with Crippen molar-refractivity contribution in [3.05, 3.63) is 96.1 Å². The summed E-state index contributed by atoms with van der Waals surface area (Å²) >= 11 is 0. The largest absolute Gasteiger partial charge is 0.344 e. The van der Waals surface area contributed by atoms with Gasteiger partial charge in [-0.3, -0.25) is 0 Å². The van der Waals surface area contributed by atoms with E-state index in [1.165, 1.54) is 43.6 Å². The number of aromatic nitrogens is 2. The summed E-state index contributed by atoms with van der Waals surface area (Å²) in [6.45, 7) is 3.13. The van der Waals surface area contributed by atoms with Gasteiger partial charge in [0, 0.05) is 57.2 Å². The Morgan fingerprint density at radius 2 is 1.09 bits per heavy atom. The highest BCUT2D eigenvalue weighted by molar-refractivity contribution is 6.10. The first kappa shape index (κ1) is 19.5. The molecule has 0 atom stereocenters. The molecule has 0 aliphatic heterocycles. The molecular weight excluding hydrogens is 404 g/mol. The summed E-state index contributed by atoms with van der Waals surface area (Å²) < 4.78 is 4.59. The van der Waals surface area contributed by atoms with Gasteiger partial charge in [-0.05, 0) is 54.4 Å². The van der Waals surface area contributed by atoms with Crippen molar-refractivity contribution in [1.29, 1.82) is 0 Å². The van der Waals surface area contributed by atoms with Gasteiger partial charge in [-0.2, -0.15) is 10.2 Å². The molecule has 4 heteroatoms. The Kier molecular flexibility index (Phi) is 4.58.